The number of aliphatic hydroxyl groups excluding tert-OH is 1. The standard InChI is InChI=1S/C17H16BrFO/c18-15-10-11(5-8-16(15)19)9-13-7-6-12-3-1-2-4-14(12)17(13)20/h1-5,8,10,13,17,20H,6-7,9H2. The number of hydrogen-bond acceptors (Lipinski definition) is 1. The van der Waals surface area contributed by atoms with Crippen molar-refractivity contribution in [2.75, 3.05) is 0 Å². The zero-order valence-corrected chi connectivity index (χ0v) is 12.6. The minimum absolute atomic E-state index is 0.197. The number of aryl methyl sites for hydroxylation is 1. The van der Waals surface area contributed by atoms with Gasteiger partial charge in [0.15, 0.2) is 0 Å². The first-order valence-electron chi connectivity index (χ1n) is 6.85. The summed E-state index contributed by atoms with van der Waals surface area (Å²) >= 11 is 3.21. The Morgan fingerprint density at radius 2 is 2.00 bits per heavy atom. The van der Waals surface area contributed by atoms with Crippen LogP contribution in [0.25, 0.3) is 0 Å². The lowest BCUT2D eigenvalue weighted by Gasteiger charge is -2.30. The summed E-state index contributed by atoms with van der Waals surface area (Å²) in [6.45, 7) is 0. The van der Waals surface area contributed by atoms with Crippen molar-refractivity contribution in [3.05, 3.63) is 69.4 Å². The number of fused-ring (bicyclic) bond motifs is 1. The molecule has 0 amide bonds. The van der Waals surface area contributed by atoms with Crippen molar-refractivity contribution in [2.24, 2.45) is 5.92 Å². The van der Waals surface area contributed by atoms with Gasteiger partial charge in [0.05, 0.1) is 10.6 Å². The van der Waals surface area contributed by atoms with Gasteiger partial charge in [-0.1, -0.05) is 30.3 Å². The van der Waals surface area contributed by atoms with Crippen LogP contribution in [0.4, 0.5) is 4.39 Å². The predicted octanol–water partition coefficient (Wildman–Crippen LogP) is 4.43. The molecule has 1 nitrogen and oxygen atoms in total. The second-order valence-corrected chi connectivity index (χ2v) is 6.25. The zero-order valence-electron chi connectivity index (χ0n) is 11.0. The summed E-state index contributed by atoms with van der Waals surface area (Å²) in [7, 11) is 0. The van der Waals surface area contributed by atoms with Crippen LogP contribution in [0.15, 0.2) is 46.9 Å². The van der Waals surface area contributed by atoms with Gasteiger partial charge in [-0.2, -0.15) is 0 Å². The molecule has 0 fully saturated rings. The number of aliphatic hydroxyl groups is 1. The number of benzene rings is 2. The SMILES string of the molecule is OC1c2ccccc2CCC1Cc1ccc(F)c(Br)c1. The summed E-state index contributed by atoms with van der Waals surface area (Å²) in [5.74, 6) is -0.0504. The fourth-order valence-electron chi connectivity index (χ4n) is 2.99. The number of rotatable bonds is 2. The molecule has 1 aliphatic rings. The first-order valence-corrected chi connectivity index (χ1v) is 7.64. The highest BCUT2D eigenvalue weighted by molar-refractivity contribution is 9.10. The van der Waals surface area contributed by atoms with E-state index in [1.54, 1.807) is 6.07 Å². The van der Waals surface area contributed by atoms with E-state index in [0.717, 1.165) is 30.4 Å². The van der Waals surface area contributed by atoms with E-state index >= 15 is 0 Å². The molecule has 0 aliphatic heterocycles. The van der Waals surface area contributed by atoms with Crippen LogP contribution in [0, 0.1) is 11.7 Å². The lowest BCUT2D eigenvalue weighted by atomic mass is 9.78. The van der Waals surface area contributed by atoms with Gasteiger partial charge in [-0.15, -0.1) is 0 Å². The molecule has 20 heavy (non-hydrogen) atoms. The Kier molecular flexibility index (Phi) is 3.90. The zero-order chi connectivity index (χ0) is 14.1. The maximum absolute atomic E-state index is 13.3. The largest absolute Gasteiger partial charge is 0.388 e. The Hall–Kier alpha value is -1.19. The lowest BCUT2D eigenvalue weighted by molar-refractivity contribution is 0.0936. The molecule has 1 N–H and O–H groups in total. The van der Waals surface area contributed by atoms with Crippen molar-refractivity contribution in [2.45, 2.75) is 25.4 Å². The van der Waals surface area contributed by atoms with Gasteiger partial charge in [0.25, 0.3) is 0 Å². The lowest BCUT2D eigenvalue weighted by Crippen LogP contribution is -2.22. The molecule has 2 aromatic rings. The van der Waals surface area contributed by atoms with Crippen LogP contribution in [0.3, 0.4) is 0 Å². The highest BCUT2D eigenvalue weighted by atomic mass is 79.9. The third-order valence-corrected chi connectivity index (χ3v) is 4.69. The highest BCUT2D eigenvalue weighted by Crippen LogP contribution is 2.36. The summed E-state index contributed by atoms with van der Waals surface area (Å²) in [5, 5.41) is 10.5. The molecular weight excluding hydrogens is 319 g/mol. The number of hydrogen-bond donors (Lipinski definition) is 1. The Bertz CT molecular complexity index is 626. The molecule has 0 heterocycles. The maximum atomic E-state index is 13.3. The molecule has 0 aromatic heterocycles. The van der Waals surface area contributed by atoms with Crippen LogP contribution in [0.1, 0.15) is 29.2 Å². The average molecular weight is 335 g/mol. The monoisotopic (exact) mass is 334 g/mol. The van der Waals surface area contributed by atoms with E-state index in [0.29, 0.717) is 4.47 Å². The predicted molar refractivity (Wildman–Crippen MR) is 81.0 cm³/mol. The van der Waals surface area contributed by atoms with Crippen molar-refractivity contribution in [3.8, 4) is 0 Å². The van der Waals surface area contributed by atoms with E-state index in [1.165, 1.54) is 11.6 Å². The molecule has 2 aromatic carbocycles. The summed E-state index contributed by atoms with van der Waals surface area (Å²) < 4.78 is 13.7. The summed E-state index contributed by atoms with van der Waals surface area (Å²) in [5.41, 5.74) is 3.35. The van der Waals surface area contributed by atoms with Crippen LogP contribution in [-0.4, -0.2) is 5.11 Å². The molecule has 0 saturated heterocycles. The topological polar surface area (TPSA) is 20.2 Å². The minimum Gasteiger partial charge on any atom is -0.388 e. The van der Waals surface area contributed by atoms with Gasteiger partial charge >= 0.3 is 0 Å². The van der Waals surface area contributed by atoms with Gasteiger partial charge in [-0.25, -0.2) is 4.39 Å². The molecule has 1 aliphatic carbocycles. The molecule has 3 rings (SSSR count). The first kappa shape index (κ1) is 13.8. The van der Waals surface area contributed by atoms with Crippen molar-refractivity contribution < 1.29 is 9.50 Å². The summed E-state index contributed by atoms with van der Waals surface area (Å²) in [6.07, 6.45) is 2.31. The van der Waals surface area contributed by atoms with E-state index in [-0.39, 0.29) is 11.7 Å². The van der Waals surface area contributed by atoms with Crippen molar-refractivity contribution in [3.63, 3.8) is 0 Å². The third-order valence-electron chi connectivity index (χ3n) is 4.09. The van der Waals surface area contributed by atoms with Crippen molar-refractivity contribution in [1.82, 2.24) is 0 Å². The van der Waals surface area contributed by atoms with E-state index in [9.17, 15) is 9.50 Å². The molecule has 104 valence electrons. The molecule has 0 radical (unpaired) electrons. The minimum atomic E-state index is -0.427. The van der Waals surface area contributed by atoms with E-state index in [4.69, 9.17) is 0 Å². The van der Waals surface area contributed by atoms with Crippen LogP contribution >= 0.6 is 15.9 Å². The maximum Gasteiger partial charge on any atom is 0.137 e. The Balaban J connectivity index is 1.81. The van der Waals surface area contributed by atoms with E-state index in [2.05, 4.69) is 22.0 Å². The fourth-order valence-corrected chi connectivity index (χ4v) is 3.41. The Morgan fingerprint density at radius 1 is 1.20 bits per heavy atom. The van der Waals surface area contributed by atoms with Crippen molar-refractivity contribution >= 4 is 15.9 Å². The molecule has 2 unspecified atom stereocenters. The molecule has 2 atom stereocenters. The Morgan fingerprint density at radius 3 is 2.80 bits per heavy atom. The summed E-state index contributed by atoms with van der Waals surface area (Å²) in [6, 6.07) is 13.2. The van der Waals surface area contributed by atoms with Crippen molar-refractivity contribution in [1.29, 1.82) is 0 Å². The fraction of sp³-hybridized carbons (Fsp3) is 0.294. The quantitative estimate of drug-likeness (QED) is 0.861. The molecule has 0 saturated carbocycles. The van der Waals surface area contributed by atoms with Crippen LogP contribution in [0.2, 0.25) is 0 Å². The molecule has 0 spiro atoms. The van der Waals surface area contributed by atoms with Gasteiger partial charge in [-0.3, -0.25) is 0 Å². The second-order valence-electron chi connectivity index (χ2n) is 5.39. The number of halogens is 2. The average Bonchev–Trinajstić information content (AvgIpc) is 2.46. The van der Waals surface area contributed by atoms with Crippen LogP contribution in [-0.2, 0) is 12.8 Å². The first-order chi connectivity index (χ1) is 9.65. The smallest absolute Gasteiger partial charge is 0.137 e. The summed E-state index contributed by atoms with van der Waals surface area (Å²) in [4.78, 5) is 0. The third kappa shape index (κ3) is 2.65. The van der Waals surface area contributed by atoms with E-state index in [1.807, 2.05) is 24.3 Å². The van der Waals surface area contributed by atoms with Crippen LogP contribution in [0.5, 0.6) is 0 Å². The highest BCUT2D eigenvalue weighted by Gasteiger charge is 2.27. The van der Waals surface area contributed by atoms with Gasteiger partial charge < -0.3 is 5.11 Å². The van der Waals surface area contributed by atoms with Gasteiger partial charge in [0.1, 0.15) is 5.82 Å². The van der Waals surface area contributed by atoms with E-state index < -0.39 is 6.10 Å². The van der Waals surface area contributed by atoms with Gasteiger partial charge in [0.2, 0.25) is 0 Å². The molecular formula is C17H16BrFO. The second kappa shape index (κ2) is 5.66. The Labute approximate surface area is 126 Å². The molecule has 0 bridgehead atoms. The van der Waals surface area contributed by atoms with Gasteiger partial charge in [0, 0.05) is 0 Å². The molecule has 3 heteroatoms. The van der Waals surface area contributed by atoms with Crippen LogP contribution < -0.4 is 0 Å². The van der Waals surface area contributed by atoms with Gasteiger partial charge in [-0.05, 0) is 69.9 Å². The normalized spacial score (nSPS) is 21.6.